The molecule has 0 atom stereocenters. The molecule has 1 aliphatic carbocycles. The third-order valence-electron chi connectivity index (χ3n) is 5.81. The first kappa shape index (κ1) is 20.1. The zero-order valence-corrected chi connectivity index (χ0v) is 17.5. The lowest BCUT2D eigenvalue weighted by molar-refractivity contribution is 0.147. The summed E-state index contributed by atoms with van der Waals surface area (Å²) < 4.78 is 48.6. The van der Waals surface area contributed by atoms with Gasteiger partial charge in [0, 0.05) is 28.3 Å². The van der Waals surface area contributed by atoms with E-state index in [2.05, 4.69) is 30.7 Å². The van der Waals surface area contributed by atoms with Gasteiger partial charge < -0.3 is 9.41 Å². The van der Waals surface area contributed by atoms with Crippen molar-refractivity contribution in [3.8, 4) is 11.3 Å². The molecule has 3 rings (SSSR count). The molecule has 2 aromatic rings. The number of H-pyrrole nitrogens is 1. The third kappa shape index (κ3) is 3.99. The van der Waals surface area contributed by atoms with E-state index in [9.17, 15) is 13.2 Å². The van der Waals surface area contributed by atoms with Gasteiger partial charge in [0.1, 0.15) is 5.82 Å². The van der Waals surface area contributed by atoms with Crippen LogP contribution in [0.2, 0.25) is 18.1 Å². The van der Waals surface area contributed by atoms with Crippen LogP contribution in [0.5, 0.6) is 0 Å². The van der Waals surface area contributed by atoms with E-state index in [4.69, 9.17) is 4.43 Å². The molecule has 1 heterocycles. The van der Waals surface area contributed by atoms with Crippen molar-refractivity contribution < 1.29 is 17.6 Å². The molecule has 27 heavy (non-hydrogen) atoms. The van der Waals surface area contributed by atoms with Crippen molar-refractivity contribution in [2.24, 2.45) is 0 Å². The van der Waals surface area contributed by atoms with Gasteiger partial charge in [-0.05, 0) is 43.1 Å². The second kappa shape index (κ2) is 7.09. The van der Waals surface area contributed by atoms with E-state index in [1.165, 1.54) is 18.5 Å². The highest BCUT2D eigenvalue weighted by Gasteiger charge is 2.38. The summed E-state index contributed by atoms with van der Waals surface area (Å²) >= 11 is 0. The highest BCUT2D eigenvalue weighted by Crippen LogP contribution is 2.45. The molecule has 0 amide bonds. The lowest BCUT2D eigenvalue weighted by Gasteiger charge is -2.36. The number of benzene rings is 1. The van der Waals surface area contributed by atoms with Crippen LogP contribution in [0.15, 0.2) is 18.5 Å². The van der Waals surface area contributed by atoms with E-state index in [1.54, 1.807) is 0 Å². The van der Waals surface area contributed by atoms with Crippen LogP contribution in [-0.2, 0) is 11.0 Å². The number of aromatic amines is 1. The second-order valence-corrected chi connectivity index (χ2v) is 13.6. The molecule has 1 N–H and O–H groups in total. The molecular weight excluding hydrogens is 369 g/mol. The molecule has 1 aromatic carbocycles. The summed E-state index contributed by atoms with van der Waals surface area (Å²) in [7, 11) is -2.20. The van der Waals surface area contributed by atoms with Crippen molar-refractivity contribution in [1.29, 1.82) is 0 Å². The van der Waals surface area contributed by atoms with Crippen LogP contribution in [0.1, 0.15) is 62.8 Å². The molecule has 0 spiro atoms. The van der Waals surface area contributed by atoms with Gasteiger partial charge in [0.2, 0.25) is 0 Å². The summed E-state index contributed by atoms with van der Waals surface area (Å²) in [6.07, 6.45) is 0.745. The maximum atomic E-state index is 14.5. The lowest BCUT2D eigenvalue weighted by Crippen LogP contribution is -2.40. The number of halogens is 3. The highest BCUT2D eigenvalue weighted by molar-refractivity contribution is 6.74. The Hall–Kier alpha value is -1.60. The molecule has 0 saturated heterocycles. The minimum absolute atomic E-state index is 0.0583. The normalized spacial score (nSPS) is 15.6. The van der Waals surface area contributed by atoms with Crippen LogP contribution in [0, 0.1) is 5.82 Å². The molecule has 1 aliphatic rings. The number of alkyl halides is 2. The summed E-state index contributed by atoms with van der Waals surface area (Å²) in [6.45, 7) is 10.1. The highest BCUT2D eigenvalue weighted by atomic mass is 28.4. The van der Waals surface area contributed by atoms with E-state index >= 15 is 0 Å². The fraction of sp³-hybridized carbons (Fsp3) is 0.550. The van der Waals surface area contributed by atoms with Crippen LogP contribution in [0.25, 0.3) is 11.3 Å². The second-order valence-electron chi connectivity index (χ2n) is 8.78. The zero-order chi connectivity index (χ0) is 20.0. The Balaban J connectivity index is 2.02. The SMILES string of the molecule is CC(C)(C)[Si](C)(C)OCc1c(F)ccc(-c2nc[nH]c2C2CC2)c1C(F)F. The minimum atomic E-state index is -2.81. The van der Waals surface area contributed by atoms with Gasteiger partial charge >= 0.3 is 0 Å². The van der Waals surface area contributed by atoms with Crippen LogP contribution in [0.3, 0.4) is 0 Å². The summed E-state index contributed by atoms with van der Waals surface area (Å²) in [5, 5.41) is -0.0899. The molecule has 0 unspecified atom stereocenters. The molecule has 0 aliphatic heterocycles. The number of hydrogen-bond acceptors (Lipinski definition) is 2. The maximum absolute atomic E-state index is 14.5. The largest absolute Gasteiger partial charge is 0.412 e. The number of rotatable bonds is 6. The van der Waals surface area contributed by atoms with Crippen molar-refractivity contribution in [1.82, 2.24) is 9.97 Å². The Bertz CT molecular complexity index is 823. The van der Waals surface area contributed by atoms with Gasteiger partial charge in [-0.15, -0.1) is 0 Å². The molecule has 3 nitrogen and oxygen atoms in total. The molecule has 1 saturated carbocycles. The summed E-state index contributed by atoms with van der Waals surface area (Å²) in [6, 6.07) is 2.66. The number of aromatic nitrogens is 2. The molecule has 1 fully saturated rings. The van der Waals surface area contributed by atoms with Gasteiger partial charge in [0.05, 0.1) is 18.6 Å². The van der Waals surface area contributed by atoms with E-state index in [0.717, 1.165) is 18.5 Å². The Morgan fingerprint density at radius 2 is 1.93 bits per heavy atom. The lowest BCUT2D eigenvalue weighted by atomic mass is 9.97. The fourth-order valence-corrected chi connectivity index (χ4v) is 3.85. The molecule has 0 radical (unpaired) electrons. The molecular formula is C20H27F3N2OSi. The van der Waals surface area contributed by atoms with E-state index in [1.807, 2.05) is 13.1 Å². The monoisotopic (exact) mass is 396 g/mol. The van der Waals surface area contributed by atoms with Crippen molar-refractivity contribution in [3.63, 3.8) is 0 Å². The standard InChI is InChI=1S/C20H27F3N2OSi/c1-20(2,3)27(4,5)26-10-14-15(21)9-8-13(16(14)19(22)23)18-17(12-6-7-12)24-11-25-18/h8-9,11-12,19H,6-7,10H2,1-5H3,(H,24,25). The minimum Gasteiger partial charge on any atom is -0.412 e. The number of hydrogen-bond donors (Lipinski definition) is 1. The molecule has 0 bridgehead atoms. The quantitative estimate of drug-likeness (QED) is 0.562. The van der Waals surface area contributed by atoms with Gasteiger partial charge in [0.25, 0.3) is 6.43 Å². The van der Waals surface area contributed by atoms with Crippen molar-refractivity contribution in [2.45, 2.75) is 70.7 Å². The first-order chi connectivity index (χ1) is 12.5. The Morgan fingerprint density at radius 3 is 2.48 bits per heavy atom. The van der Waals surface area contributed by atoms with Crippen LogP contribution >= 0.6 is 0 Å². The molecule has 7 heteroatoms. The summed E-state index contributed by atoms with van der Waals surface area (Å²) in [5.41, 5.74) is 1.30. The number of imidazole rings is 1. The first-order valence-electron chi connectivity index (χ1n) is 9.30. The average molecular weight is 397 g/mol. The van der Waals surface area contributed by atoms with E-state index in [0.29, 0.717) is 17.2 Å². The zero-order valence-electron chi connectivity index (χ0n) is 16.5. The Morgan fingerprint density at radius 1 is 1.26 bits per heavy atom. The van der Waals surface area contributed by atoms with Crippen molar-refractivity contribution in [3.05, 3.63) is 41.1 Å². The smallest absolute Gasteiger partial charge is 0.264 e. The summed E-state index contributed by atoms with van der Waals surface area (Å²) in [5.74, 6) is -0.332. The van der Waals surface area contributed by atoms with Gasteiger partial charge in [-0.2, -0.15) is 0 Å². The first-order valence-corrected chi connectivity index (χ1v) is 12.2. The van der Waals surface area contributed by atoms with Gasteiger partial charge in [-0.1, -0.05) is 20.8 Å². The van der Waals surface area contributed by atoms with Gasteiger partial charge in [-0.25, -0.2) is 18.2 Å². The maximum Gasteiger partial charge on any atom is 0.264 e. The molecule has 1 aromatic heterocycles. The third-order valence-corrected chi connectivity index (χ3v) is 10.3. The molecule has 148 valence electrons. The van der Waals surface area contributed by atoms with Crippen molar-refractivity contribution in [2.75, 3.05) is 0 Å². The fourth-order valence-electron chi connectivity index (χ4n) is 2.91. The summed E-state index contributed by atoms with van der Waals surface area (Å²) in [4.78, 5) is 7.33. The Labute approximate surface area is 159 Å². The van der Waals surface area contributed by atoms with Crippen LogP contribution in [-0.4, -0.2) is 18.3 Å². The van der Waals surface area contributed by atoms with E-state index in [-0.39, 0.29) is 22.8 Å². The number of nitrogens with one attached hydrogen (secondary N) is 1. The predicted octanol–water partition coefficient (Wildman–Crippen LogP) is 6.55. The number of nitrogens with zero attached hydrogens (tertiary/aromatic N) is 1. The van der Waals surface area contributed by atoms with Crippen LogP contribution in [0.4, 0.5) is 13.2 Å². The van der Waals surface area contributed by atoms with Crippen LogP contribution < -0.4 is 0 Å². The predicted molar refractivity (Wildman–Crippen MR) is 103 cm³/mol. The van der Waals surface area contributed by atoms with Crippen molar-refractivity contribution >= 4 is 8.32 Å². The average Bonchev–Trinajstić information content (AvgIpc) is 3.29. The van der Waals surface area contributed by atoms with Gasteiger partial charge in [0.15, 0.2) is 8.32 Å². The van der Waals surface area contributed by atoms with Gasteiger partial charge in [-0.3, -0.25) is 0 Å². The topological polar surface area (TPSA) is 37.9 Å². The van der Waals surface area contributed by atoms with E-state index < -0.39 is 20.6 Å². The Kier molecular flexibility index (Phi) is 5.29.